The number of benzene rings is 11. The van der Waals surface area contributed by atoms with Crippen LogP contribution in [0.15, 0.2) is 241 Å². The Labute approximate surface area is 360 Å². The molecule has 0 aliphatic carbocycles. The zero-order valence-electron chi connectivity index (χ0n) is 33.9. The van der Waals surface area contributed by atoms with Crippen molar-refractivity contribution in [2.45, 2.75) is 0 Å². The van der Waals surface area contributed by atoms with Crippen molar-refractivity contribution >= 4 is 71.3 Å². The van der Waals surface area contributed by atoms with Gasteiger partial charge in [-0.15, -0.1) is 0 Å². The maximum absolute atomic E-state index is 6.58. The number of hydrogen-bond donors (Lipinski definition) is 0. The molecule has 0 atom stereocenters. The molecule has 0 aliphatic heterocycles. The average molecular weight is 790 g/mol. The minimum absolute atomic E-state index is 0.894. The number of rotatable bonds is 7. The van der Waals surface area contributed by atoms with Crippen molar-refractivity contribution < 1.29 is 4.42 Å². The van der Waals surface area contributed by atoms with Gasteiger partial charge in [-0.2, -0.15) is 0 Å². The molecule has 11 aromatic carbocycles. The second-order valence-corrected chi connectivity index (χ2v) is 16.0. The van der Waals surface area contributed by atoms with Crippen LogP contribution in [0.25, 0.3) is 98.8 Å². The van der Waals surface area contributed by atoms with Crippen LogP contribution in [-0.2, 0) is 0 Å². The summed E-state index contributed by atoms with van der Waals surface area (Å²) in [4.78, 5) is 2.42. The van der Waals surface area contributed by atoms with Gasteiger partial charge in [-0.1, -0.05) is 194 Å². The van der Waals surface area contributed by atoms with Gasteiger partial charge < -0.3 is 9.32 Å². The predicted molar refractivity (Wildman–Crippen MR) is 263 cm³/mol. The molecule has 2 nitrogen and oxygen atoms in total. The Morgan fingerprint density at radius 2 is 0.758 bits per heavy atom. The summed E-state index contributed by atoms with van der Waals surface area (Å²) in [6, 6.07) is 85.6. The molecule has 2 heteroatoms. The van der Waals surface area contributed by atoms with Crippen molar-refractivity contribution in [3.8, 4) is 44.5 Å². The van der Waals surface area contributed by atoms with E-state index in [0.717, 1.165) is 55.7 Å². The van der Waals surface area contributed by atoms with Crippen LogP contribution in [0.4, 0.5) is 17.1 Å². The highest BCUT2D eigenvalue weighted by Gasteiger charge is 2.22. The molecule has 0 fully saturated rings. The standard InChI is InChI=1S/C60H39NO/c1-3-18-41(19-4-1)58-54-30-10-9-28-51(54)52-36-35-47(39-56(52)59(58)42-20-5-2-6-21-42)61(45-25-13-23-43(37-45)49-31-15-22-40-17-7-8-27-48(40)49)46-26-14-24-44(38-46)50-32-16-33-55-53-29-11-12-34-57(53)62-60(50)55/h1-39H. The minimum Gasteiger partial charge on any atom is -0.455 e. The first-order valence-corrected chi connectivity index (χ1v) is 21.3. The SMILES string of the molecule is c1ccc(-c2c(-c3ccccc3)c3cc(N(c4cccc(-c5cccc6ccccc56)c4)c4cccc(-c5cccc6c5oc5ccccc56)c4)ccc3c3ccccc23)cc1. The first-order chi connectivity index (χ1) is 30.8. The monoisotopic (exact) mass is 789 g/mol. The molecule has 0 amide bonds. The molecule has 12 rings (SSSR count). The highest BCUT2D eigenvalue weighted by atomic mass is 16.3. The van der Waals surface area contributed by atoms with Gasteiger partial charge in [0.05, 0.1) is 0 Å². The van der Waals surface area contributed by atoms with Gasteiger partial charge in [0, 0.05) is 33.4 Å². The summed E-state index contributed by atoms with van der Waals surface area (Å²) in [5, 5.41) is 9.60. The van der Waals surface area contributed by atoms with Crippen LogP contribution in [0, 0.1) is 0 Å². The van der Waals surface area contributed by atoms with E-state index in [2.05, 4.69) is 235 Å². The Kier molecular flexibility index (Phi) is 8.53. The summed E-state index contributed by atoms with van der Waals surface area (Å²) in [5.74, 6) is 0. The molecule has 0 aliphatic rings. The van der Waals surface area contributed by atoms with Crippen LogP contribution in [-0.4, -0.2) is 0 Å². The summed E-state index contributed by atoms with van der Waals surface area (Å²) in [5.41, 5.74) is 14.3. The molecule has 0 saturated heterocycles. The van der Waals surface area contributed by atoms with Gasteiger partial charge in [0.25, 0.3) is 0 Å². The van der Waals surface area contributed by atoms with Crippen molar-refractivity contribution in [3.63, 3.8) is 0 Å². The second kappa shape index (κ2) is 14.8. The number of hydrogen-bond acceptors (Lipinski definition) is 2. The molecule has 290 valence electrons. The molecule has 0 N–H and O–H groups in total. The third-order valence-corrected chi connectivity index (χ3v) is 12.4. The number of furan rings is 1. The van der Waals surface area contributed by atoms with E-state index in [1.807, 2.05) is 6.07 Å². The van der Waals surface area contributed by atoms with Crippen LogP contribution in [0.2, 0.25) is 0 Å². The van der Waals surface area contributed by atoms with Crippen LogP contribution in [0.5, 0.6) is 0 Å². The summed E-state index contributed by atoms with van der Waals surface area (Å²) in [6.45, 7) is 0. The maximum Gasteiger partial charge on any atom is 0.143 e. The van der Waals surface area contributed by atoms with E-state index in [9.17, 15) is 0 Å². The normalized spacial score (nSPS) is 11.5. The van der Waals surface area contributed by atoms with E-state index in [-0.39, 0.29) is 0 Å². The van der Waals surface area contributed by atoms with Crippen molar-refractivity contribution in [2.75, 3.05) is 4.90 Å². The lowest BCUT2D eigenvalue weighted by Crippen LogP contribution is -2.10. The third kappa shape index (κ3) is 5.96. The first kappa shape index (κ1) is 35.7. The lowest BCUT2D eigenvalue weighted by Gasteiger charge is -2.28. The summed E-state index contributed by atoms with van der Waals surface area (Å²) < 4.78 is 6.58. The molecule has 1 aromatic heterocycles. The largest absolute Gasteiger partial charge is 0.455 e. The van der Waals surface area contributed by atoms with Gasteiger partial charge >= 0.3 is 0 Å². The third-order valence-electron chi connectivity index (χ3n) is 12.4. The number of fused-ring (bicyclic) bond motifs is 7. The highest BCUT2D eigenvalue weighted by Crippen LogP contribution is 2.48. The van der Waals surface area contributed by atoms with Crippen LogP contribution >= 0.6 is 0 Å². The molecule has 0 spiro atoms. The Morgan fingerprint density at radius 1 is 0.274 bits per heavy atom. The fourth-order valence-electron chi connectivity index (χ4n) is 9.65. The molecule has 0 bridgehead atoms. The number of anilines is 3. The van der Waals surface area contributed by atoms with Crippen molar-refractivity contribution in [1.29, 1.82) is 0 Å². The first-order valence-electron chi connectivity index (χ1n) is 21.3. The average Bonchev–Trinajstić information content (AvgIpc) is 3.73. The smallest absolute Gasteiger partial charge is 0.143 e. The quantitative estimate of drug-likeness (QED) is 0.150. The van der Waals surface area contributed by atoms with Crippen molar-refractivity contribution in [2.24, 2.45) is 0 Å². The Hall–Kier alpha value is -8.20. The molecule has 12 aromatic rings. The molecule has 62 heavy (non-hydrogen) atoms. The van der Waals surface area contributed by atoms with Crippen molar-refractivity contribution in [1.82, 2.24) is 0 Å². The van der Waals surface area contributed by atoms with Gasteiger partial charge in [-0.25, -0.2) is 0 Å². The van der Waals surface area contributed by atoms with E-state index in [0.29, 0.717) is 0 Å². The molecule has 0 unspecified atom stereocenters. The van der Waals surface area contributed by atoms with Crippen LogP contribution in [0.3, 0.4) is 0 Å². The van der Waals surface area contributed by atoms with Crippen molar-refractivity contribution in [3.05, 3.63) is 237 Å². The predicted octanol–water partition coefficient (Wildman–Crippen LogP) is 17.2. The van der Waals surface area contributed by atoms with E-state index in [1.54, 1.807) is 0 Å². The molecule has 0 saturated carbocycles. The van der Waals surface area contributed by atoms with E-state index >= 15 is 0 Å². The van der Waals surface area contributed by atoms with Crippen LogP contribution in [0.1, 0.15) is 0 Å². The highest BCUT2D eigenvalue weighted by molar-refractivity contribution is 6.22. The van der Waals surface area contributed by atoms with E-state index in [1.165, 1.54) is 60.1 Å². The van der Waals surface area contributed by atoms with E-state index in [4.69, 9.17) is 4.42 Å². The molecular weight excluding hydrogens is 751 g/mol. The van der Waals surface area contributed by atoms with Gasteiger partial charge in [-0.05, 0) is 114 Å². The molecular formula is C60H39NO. The Morgan fingerprint density at radius 3 is 1.50 bits per heavy atom. The summed E-state index contributed by atoms with van der Waals surface area (Å²) in [6.07, 6.45) is 0. The zero-order chi connectivity index (χ0) is 41.0. The fourth-order valence-corrected chi connectivity index (χ4v) is 9.65. The summed E-state index contributed by atoms with van der Waals surface area (Å²) in [7, 11) is 0. The number of nitrogens with zero attached hydrogens (tertiary/aromatic N) is 1. The lowest BCUT2D eigenvalue weighted by atomic mass is 9.85. The molecule has 1 heterocycles. The maximum atomic E-state index is 6.58. The fraction of sp³-hybridized carbons (Fsp3) is 0. The molecule has 0 radical (unpaired) electrons. The van der Waals surface area contributed by atoms with Gasteiger partial charge in [0.1, 0.15) is 11.2 Å². The van der Waals surface area contributed by atoms with Gasteiger partial charge in [0.15, 0.2) is 0 Å². The second-order valence-electron chi connectivity index (χ2n) is 16.0. The van der Waals surface area contributed by atoms with Gasteiger partial charge in [-0.3, -0.25) is 0 Å². The lowest BCUT2D eigenvalue weighted by molar-refractivity contribution is 0.670. The van der Waals surface area contributed by atoms with Gasteiger partial charge in [0.2, 0.25) is 0 Å². The topological polar surface area (TPSA) is 16.4 Å². The zero-order valence-corrected chi connectivity index (χ0v) is 33.9. The van der Waals surface area contributed by atoms with Crippen LogP contribution < -0.4 is 4.90 Å². The number of para-hydroxylation sites is 2. The Bertz CT molecular complexity index is 3630. The Balaban J connectivity index is 1.13. The summed E-state index contributed by atoms with van der Waals surface area (Å²) >= 11 is 0. The minimum atomic E-state index is 0.894. The van der Waals surface area contributed by atoms with E-state index < -0.39 is 0 Å².